The van der Waals surface area contributed by atoms with Crippen LogP contribution < -0.4 is 4.90 Å². The molecule has 0 atom stereocenters. The molecule has 0 unspecified atom stereocenters. The first-order valence-electron chi connectivity index (χ1n) is 4.71. The molecular formula is C9H15N3O3. The number of carbonyl (C=O) groups excluding carboxylic acids is 1. The molecule has 0 saturated heterocycles. The Labute approximate surface area is 88.2 Å². The molecular weight excluding hydrogens is 198 g/mol. The van der Waals surface area contributed by atoms with E-state index in [1.807, 2.05) is 18.9 Å². The van der Waals surface area contributed by atoms with Gasteiger partial charge in [0, 0.05) is 20.7 Å². The number of nitrogens with zero attached hydrogens (tertiary/aromatic N) is 3. The number of Topliss-reactive ketones (excluding diaryl/α,β-unsaturated/α-hetero) is 1. The fourth-order valence-electron chi connectivity index (χ4n) is 0.995. The third kappa shape index (κ3) is 3.32. The normalized spacial score (nSPS) is 10.3. The van der Waals surface area contributed by atoms with E-state index in [-0.39, 0.29) is 18.8 Å². The molecule has 84 valence electrons. The van der Waals surface area contributed by atoms with E-state index in [2.05, 4.69) is 10.1 Å². The Morgan fingerprint density at radius 2 is 2.33 bits per heavy atom. The Bertz CT molecular complexity index is 324. The molecule has 1 heterocycles. The lowest BCUT2D eigenvalue weighted by atomic mass is 10.3. The van der Waals surface area contributed by atoms with Crippen molar-refractivity contribution in [2.45, 2.75) is 13.3 Å². The molecule has 0 amide bonds. The maximum absolute atomic E-state index is 11.2. The molecule has 6 nitrogen and oxygen atoms in total. The van der Waals surface area contributed by atoms with Gasteiger partial charge in [0.05, 0.1) is 6.42 Å². The summed E-state index contributed by atoms with van der Waals surface area (Å²) in [5.41, 5.74) is 0. The summed E-state index contributed by atoms with van der Waals surface area (Å²) in [6, 6.07) is 0. The van der Waals surface area contributed by atoms with Crippen molar-refractivity contribution in [1.29, 1.82) is 0 Å². The second-order valence-corrected chi connectivity index (χ2v) is 3.15. The molecule has 6 heteroatoms. The van der Waals surface area contributed by atoms with Crippen molar-refractivity contribution in [3.63, 3.8) is 0 Å². The number of rotatable bonds is 6. The third-order valence-corrected chi connectivity index (χ3v) is 1.93. The maximum atomic E-state index is 11.2. The predicted molar refractivity (Wildman–Crippen MR) is 53.8 cm³/mol. The highest BCUT2D eigenvalue weighted by molar-refractivity contribution is 5.81. The van der Waals surface area contributed by atoms with Crippen LogP contribution in [0, 0.1) is 0 Å². The topological polar surface area (TPSA) is 68.5 Å². The molecule has 0 radical (unpaired) electrons. The van der Waals surface area contributed by atoms with Gasteiger partial charge in [0.15, 0.2) is 5.78 Å². The van der Waals surface area contributed by atoms with Gasteiger partial charge >= 0.3 is 0 Å². The molecule has 1 aromatic rings. The molecule has 0 aliphatic heterocycles. The highest BCUT2D eigenvalue weighted by Crippen LogP contribution is 2.07. The Hall–Kier alpha value is -1.43. The van der Waals surface area contributed by atoms with Crippen LogP contribution in [-0.2, 0) is 16.0 Å². The Morgan fingerprint density at radius 1 is 1.60 bits per heavy atom. The predicted octanol–water partition coefficient (Wildman–Crippen LogP) is 0.284. The minimum Gasteiger partial charge on any atom is -0.377 e. The largest absolute Gasteiger partial charge is 0.377 e. The van der Waals surface area contributed by atoms with Gasteiger partial charge in [-0.25, -0.2) is 0 Å². The van der Waals surface area contributed by atoms with E-state index in [9.17, 15) is 4.79 Å². The van der Waals surface area contributed by atoms with Crippen LogP contribution in [0.2, 0.25) is 0 Å². The summed E-state index contributed by atoms with van der Waals surface area (Å²) in [6.07, 6.45) is 0.123. The minimum atomic E-state index is -0.0770. The van der Waals surface area contributed by atoms with Crippen molar-refractivity contribution in [1.82, 2.24) is 10.1 Å². The smallest absolute Gasteiger partial charge is 0.265 e. The van der Waals surface area contributed by atoms with Crippen molar-refractivity contribution >= 4 is 11.7 Å². The molecule has 0 spiro atoms. The second kappa shape index (κ2) is 5.45. The first-order valence-corrected chi connectivity index (χ1v) is 4.71. The van der Waals surface area contributed by atoms with Crippen LogP contribution in [0.1, 0.15) is 12.8 Å². The fraction of sp³-hybridized carbons (Fsp3) is 0.667. The highest BCUT2D eigenvalue weighted by Gasteiger charge is 2.12. The van der Waals surface area contributed by atoms with Crippen molar-refractivity contribution in [2.75, 3.05) is 32.2 Å². The zero-order chi connectivity index (χ0) is 11.3. The molecule has 0 bridgehead atoms. The zero-order valence-corrected chi connectivity index (χ0v) is 9.19. The highest BCUT2D eigenvalue weighted by atomic mass is 16.5. The second-order valence-electron chi connectivity index (χ2n) is 3.15. The minimum absolute atomic E-state index is 0.0708. The number of ether oxygens (including phenoxy) is 1. The molecule has 0 aromatic carbocycles. The summed E-state index contributed by atoms with van der Waals surface area (Å²) in [5, 5.41) is 3.75. The van der Waals surface area contributed by atoms with Crippen molar-refractivity contribution in [3.8, 4) is 0 Å². The number of hydrogen-bond acceptors (Lipinski definition) is 6. The number of carbonyl (C=O) groups is 1. The number of aromatic nitrogens is 2. The Kier molecular flexibility index (Phi) is 4.23. The molecule has 0 aliphatic carbocycles. The van der Waals surface area contributed by atoms with Crippen LogP contribution in [0.25, 0.3) is 0 Å². The van der Waals surface area contributed by atoms with Gasteiger partial charge in [0.1, 0.15) is 6.61 Å². The van der Waals surface area contributed by atoms with Crippen LogP contribution in [0.4, 0.5) is 5.95 Å². The van der Waals surface area contributed by atoms with Crippen LogP contribution in [0.15, 0.2) is 4.52 Å². The van der Waals surface area contributed by atoms with E-state index in [1.54, 1.807) is 0 Å². The maximum Gasteiger partial charge on any atom is 0.265 e. The van der Waals surface area contributed by atoms with Gasteiger partial charge in [-0.05, 0) is 12.1 Å². The Morgan fingerprint density at radius 3 is 2.93 bits per heavy atom. The van der Waals surface area contributed by atoms with Gasteiger partial charge in [-0.15, -0.1) is 0 Å². The van der Waals surface area contributed by atoms with Crippen LogP contribution in [0.3, 0.4) is 0 Å². The van der Waals surface area contributed by atoms with E-state index < -0.39 is 0 Å². The average Bonchev–Trinajstić information content (AvgIpc) is 2.65. The number of anilines is 1. The van der Waals surface area contributed by atoms with Crippen molar-refractivity contribution in [3.05, 3.63) is 5.89 Å². The lowest BCUT2D eigenvalue weighted by Crippen LogP contribution is -2.17. The van der Waals surface area contributed by atoms with E-state index >= 15 is 0 Å². The summed E-state index contributed by atoms with van der Waals surface area (Å²) in [7, 11) is 3.33. The van der Waals surface area contributed by atoms with Gasteiger partial charge in [-0.1, -0.05) is 0 Å². The van der Waals surface area contributed by atoms with Crippen LogP contribution >= 0.6 is 0 Å². The first-order chi connectivity index (χ1) is 7.17. The average molecular weight is 213 g/mol. The van der Waals surface area contributed by atoms with Gasteiger partial charge in [-0.3, -0.25) is 4.79 Å². The van der Waals surface area contributed by atoms with E-state index in [0.29, 0.717) is 11.8 Å². The Balaban J connectivity index is 2.56. The molecule has 0 N–H and O–H groups in total. The SMILES string of the molecule is CCN(C)c1noc(CC(=O)COC)n1. The summed E-state index contributed by atoms with van der Waals surface area (Å²) < 4.78 is 9.63. The lowest BCUT2D eigenvalue weighted by molar-refractivity contribution is -0.122. The number of hydrogen-bond donors (Lipinski definition) is 0. The van der Waals surface area contributed by atoms with E-state index in [0.717, 1.165) is 6.54 Å². The van der Waals surface area contributed by atoms with Crippen molar-refractivity contribution < 1.29 is 14.1 Å². The molecule has 15 heavy (non-hydrogen) atoms. The summed E-state index contributed by atoms with van der Waals surface area (Å²) in [5.74, 6) is 0.747. The van der Waals surface area contributed by atoms with Gasteiger partial charge in [0.25, 0.3) is 5.95 Å². The summed E-state index contributed by atoms with van der Waals surface area (Å²) in [6.45, 7) is 2.83. The zero-order valence-electron chi connectivity index (χ0n) is 9.19. The summed E-state index contributed by atoms with van der Waals surface area (Å²) >= 11 is 0. The molecule has 1 aromatic heterocycles. The first kappa shape index (κ1) is 11.6. The monoisotopic (exact) mass is 213 g/mol. The van der Waals surface area contributed by atoms with E-state index in [4.69, 9.17) is 9.26 Å². The van der Waals surface area contributed by atoms with Crippen LogP contribution in [0.5, 0.6) is 0 Å². The molecule has 0 fully saturated rings. The molecule has 1 rings (SSSR count). The van der Waals surface area contributed by atoms with Gasteiger partial charge < -0.3 is 14.2 Å². The quantitative estimate of drug-likeness (QED) is 0.676. The molecule has 0 saturated carbocycles. The van der Waals surface area contributed by atoms with Crippen molar-refractivity contribution in [2.24, 2.45) is 0 Å². The fourth-order valence-corrected chi connectivity index (χ4v) is 0.995. The third-order valence-electron chi connectivity index (χ3n) is 1.93. The van der Waals surface area contributed by atoms with Gasteiger partial charge in [-0.2, -0.15) is 4.98 Å². The summed E-state index contributed by atoms with van der Waals surface area (Å²) in [4.78, 5) is 17.1. The van der Waals surface area contributed by atoms with E-state index in [1.165, 1.54) is 7.11 Å². The lowest BCUT2D eigenvalue weighted by Gasteiger charge is -2.08. The number of ketones is 1. The molecule has 0 aliphatic rings. The van der Waals surface area contributed by atoms with Gasteiger partial charge in [0.2, 0.25) is 5.89 Å². The standard InChI is InChI=1S/C9H15N3O3/c1-4-12(2)9-10-8(15-11-9)5-7(13)6-14-3/h4-6H2,1-3H3. The number of methoxy groups -OCH3 is 1. The van der Waals surface area contributed by atoms with Crippen LogP contribution in [-0.4, -0.2) is 43.2 Å².